The lowest BCUT2D eigenvalue weighted by Crippen LogP contribution is -2.05. The van der Waals surface area contributed by atoms with E-state index < -0.39 is 0 Å². The van der Waals surface area contributed by atoms with Gasteiger partial charge in [0.05, 0.1) is 0 Å². The van der Waals surface area contributed by atoms with Crippen LogP contribution in [-0.4, -0.2) is 12.0 Å². The molecule has 2 N–H and O–H groups in total. The van der Waals surface area contributed by atoms with Gasteiger partial charge in [0.1, 0.15) is 0 Å². The molecular formula is C12H15BrN2. The summed E-state index contributed by atoms with van der Waals surface area (Å²) < 4.78 is 1.18. The monoisotopic (exact) mass is 266 g/mol. The molecule has 2 aromatic rings. The van der Waals surface area contributed by atoms with E-state index in [-0.39, 0.29) is 0 Å². The van der Waals surface area contributed by atoms with E-state index in [0.29, 0.717) is 0 Å². The molecular weight excluding hydrogens is 252 g/mol. The van der Waals surface area contributed by atoms with Crippen molar-refractivity contribution in [1.82, 2.24) is 10.3 Å². The summed E-state index contributed by atoms with van der Waals surface area (Å²) in [4.78, 5) is 3.45. The number of hydrogen-bond acceptors (Lipinski definition) is 1. The predicted octanol–water partition coefficient (Wildman–Crippen LogP) is 3.27. The van der Waals surface area contributed by atoms with Crippen LogP contribution in [0.1, 0.15) is 16.8 Å². The van der Waals surface area contributed by atoms with Gasteiger partial charge in [0.25, 0.3) is 0 Å². The van der Waals surface area contributed by atoms with Crippen molar-refractivity contribution in [3.8, 4) is 0 Å². The van der Waals surface area contributed by atoms with Gasteiger partial charge in [0.15, 0.2) is 0 Å². The number of H-pyrrole nitrogens is 1. The first kappa shape index (κ1) is 10.7. The molecule has 0 bridgehead atoms. The quantitative estimate of drug-likeness (QED) is 0.858. The van der Waals surface area contributed by atoms with Crippen LogP contribution in [0.3, 0.4) is 0 Å². The zero-order chi connectivity index (χ0) is 11.0. The zero-order valence-electron chi connectivity index (χ0n) is 9.24. The van der Waals surface area contributed by atoms with Gasteiger partial charge in [-0.05, 0) is 48.5 Å². The van der Waals surface area contributed by atoms with E-state index in [2.05, 4.69) is 52.2 Å². The first-order chi connectivity index (χ1) is 7.13. The minimum atomic E-state index is 0.855. The molecule has 0 aliphatic carbocycles. The third-order valence-corrected chi connectivity index (χ3v) is 3.52. The lowest BCUT2D eigenvalue weighted by Gasteiger charge is -1.98. The summed E-state index contributed by atoms with van der Waals surface area (Å²) in [6, 6.07) is 4.41. The molecule has 0 spiro atoms. The van der Waals surface area contributed by atoms with Gasteiger partial charge in [0, 0.05) is 27.6 Å². The Balaban J connectivity index is 2.70. The molecule has 2 nitrogen and oxygen atoms in total. The number of aryl methyl sites for hydroxylation is 2. The number of aromatic nitrogens is 1. The Morgan fingerprint density at radius 3 is 2.73 bits per heavy atom. The SMILES string of the molecule is CNCc1[nH]c2c(C)cc(C)cc2c1Br. The molecule has 1 heterocycles. The van der Waals surface area contributed by atoms with E-state index in [1.54, 1.807) is 0 Å². The van der Waals surface area contributed by atoms with E-state index >= 15 is 0 Å². The Morgan fingerprint density at radius 1 is 1.33 bits per heavy atom. The van der Waals surface area contributed by atoms with Gasteiger partial charge in [0.2, 0.25) is 0 Å². The Bertz CT molecular complexity index is 500. The van der Waals surface area contributed by atoms with Gasteiger partial charge in [-0.2, -0.15) is 0 Å². The Morgan fingerprint density at radius 2 is 2.07 bits per heavy atom. The van der Waals surface area contributed by atoms with Crippen LogP contribution in [-0.2, 0) is 6.54 Å². The number of fused-ring (bicyclic) bond motifs is 1. The highest BCUT2D eigenvalue weighted by Crippen LogP contribution is 2.30. The second kappa shape index (κ2) is 3.99. The molecule has 80 valence electrons. The fourth-order valence-corrected chi connectivity index (χ4v) is 2.53. The molecule has 0 fully saturated rings. The second-order valence-electron chi connectivity index (χ2n) is 3.95. The minimum Gasteiger partial charge on any atom is -0.356 e. The van der Waals surface area contributed by atoms with Gasteiger partial charge in [-0.15, -0.1) is 0 Å². The number of benzene rings is 1. The van der Waals surface area contributed by atoms with Crippen molar-refractivity contribution in [3.63, 3.8) is 0 Å². The summed E-state index contributed by atoms with van der Waals surface area (Å²) in [6.07, 6.45) is 0. The Hall–Kier alpha value is -0.800. The lowest BCUT2D eigenvalue weighted by atomic mass is 10.1. The molecule has 0 aliphatic rings. The Kier molecular flexibility index (Phi) is 2.85. The molecule has 3 heteroatoms. The molecule has 0 unspecified atom stereocenters. The molecule has 2 rings (SSSR count). The van der Waals surface area contributed by atoms with Crippen molar-refractivity contribution in [2.24, 2.45) is 0 Å². The fourth-order valence-electron chi connectivity index (χ4n) is 1.97. The van der Waals surface area contributed by atoms with E-state index in [0.717, 1.165) is 6.54 Å². The van der Waals surface area contributed by atoms with Crippen molar-refractivity contribution < 1.29 is 0 Å². The molecule has 0 radical (unpaired) electrons. The lowest BCUT2D eigenvalue weighted by molar-refractivity contribution is 0.796. The summed E-state index contributed by atoms with van der Waals surface area (Å²) in [5, 5.41) is 4.43. The van der Waals surface area contributed by atoms with Crippen molar-refractivity contribution in [1.29, 1.82) is 0 Å². The molecule has 0 atom stereocenters. The molecule has 0 amide bonds. The number of halogens is 1. The number of hydrogen-bond donors (Lipinski definition) is 2. The summed E-state index contributed by atoms with van der Waals surface area (Å²) in [6.45, 7) is 5.12. The van der Waals surface area contributed by atoms with Crippen LogP contribution >= 0.6 is 15.9 Å². The average molecular weight is 267 g/mol. The van der Waals surface area contributed by atoms with Crippen LogP contribution in [0.2, 0.25) is 0 Å². The van der Waals surface area contributed by atoms with Crippen molar-refractivity contribution in [3.05, 3.63) is 33.4 Å². The smallest absolute Gasteiger partial charge is 0.0498 e. The first-order valence-electron chi connectivity index (χ1n) is 5.05. The topological polar surface area (TPSA) is 27.8 Å². The molecule has 0 saturated carbocycles. The third-order valence-electron chi connectivity index (χ3n) is 2.61. The normalized spacial score (nSPS) is 11.2. The van der Waals surface area contributed by atoms with Gasteiger partial charge < -0.3 is 10.3 Å². The molecule has 15 heavy (non-hydrogen) atoms. The van der Waals surface area contributed by atoms with Crippen LogP contribution < -0.4 is 5.32 Å². The molecule has 0 aliphatic heterocycles. The average Bonchev–Trinajstić information content (AvgIpc) is 2.47. The standard InChI is InChI=1S/C12H15BrN2/c1-7-4-8(2)12-9(5-7)11(13)10(15-12)6-14-3/h4-5,14-15H,6H2,1-3H3. The van der Waals surface area contributed by atoms with Crippen LogP contribution in [0.15, 0.2) is 16.6 Å². The van der Waals surface area contributed by atoms with Crippen LogP contribution in [0.4, 0.5) is 0 Å². The third kappa shape index (κ3) is 1.82. The molecule has 1 aromatic carbocycles. The van der Waals surface area contributed by atoms with Crippen LogP contribution in [0.5, 0.6) is 0 Å². The van der Waals surface area contributed by atoms with Crippen molar-refractivity contribution in [2.45, 2.75) is 20.4 Å². The van der Waals surface area contributed by atoms with E-state index in [9.17, 15) is 0 Å². The zero-order valence-corrected chi connectivity index (χ0v) is 10.8. The molecule has 1 aromatic heterocycles. The van der Waals surface area contributed by atoms with Crippen LogP contribution in [0, 0.1) is 13.8 Å². The summed E-state index contributed by atoms with van der Waals surface area (Å²) in [5.74, 6) is 0. The van der Waals surface area contributed by atoms with Gasteiger partial charge in [-0.1, -0.05) is 11.6 Å². The van der Waals surface area contributed by atoms with E-state index in [4.69, 9.17) is 0 Å². The molecule has 0 saturated heterocycles. The first-order valence-corrected chi connectivity index (χ1v) is 5.84. The van der Waals surface area contributed by atoms with Crippen molar-refractivity contribution in [2.75, 3.05) is 7.05 Å². The maximum atomic E-state index is 3.65. The minimum absolute atomic E-state index is 0.855. The largest absolute Gasteiger partial charge is 0.356 e. The van der Waals surface area contributed by atoms with E-state index in [1.807, 2.05) is 7.05 Å². The number of nitrogens with one attached hydrogen (secondary N) is 2. The van der Waals surface area contributed by atoms with Gasteiger partial charge >= 0.3 is 0 Å². The highest BCUT2D eigenvalue weighted by Gasteiger charge is 2.10. The summed E-state index contributed by atoms with van der Waals surface area (Å²) in [5.41, 5.74) is 5.04. The number of rotatable bonds is 2. The maximum absolute atomic E-state index is 3.65. The number of aromatic amines is 1. The van der Waals surface area contributed by atoms with Gasteiger partial charge in [-0.3, -0.25) is 0 Å². The maximum Gasteiger partial charge on any atom is 0.0498 e. The highest BCUT2D eigenvalue weighted by molar-refractivity contribution is 9.10. The fraction of sp³-hybridized carbons (Fsp3) is 0.333. The summed E-state index contributed by atoms with van der Waals surface area (Å²) >= 11 is 3.65. The van der Waals surface area contributed by atoms with Crippen molar-refractivity contribution >= 4 is 26.8 Å². The highest BCUT2D eigenvalue weighted by atomic mass is 79.9. The van der Waals surface area contributed by atoms with Crippen LogP contribution in [0.25, 0.3) is 10.9 Å². The van der Waals surface area contributed by atoms with E-state index in [1.165, 1.54) is 32.2 Å². The second-order valence-corrected chi connectivity index (χ2v) is 4.75. The Labute approximate surface area is 98.2 Å². The predicted molar refractivity (Wildman–Crippen MR) is 68.2 cm³/mol. The summed E-state index contributed by atoms with van der Waals surface area (Å²) in [7, 11) is 1.95. The van der Waals surface area contributed by atoms with Gasteiger partial charge in [-0.25, -0.2) is 0 Å².